The molecule has 0 aliphatic heterocycles. The molecule has 15 heavy (non-hydrogen) atoms. The second kappa shape index (κ2) is 4.65. The number of nitrogens with one attached hydrogen (secondary N) is 2. The Bertz CT molecular complexity index is 409. The Kier molecular flexibility index (Phi) is 3.73. The van der Waals surface area contributed by atoms with Gasteiger partial charge in [-0.25, -0.2) is 8.42 Å². The summed E-state index contributed by atoms with van der Waals surface area (Å²) in [7, 11) is -3.24. The number of aromatic nitrogens is 2. The van der Waals surface area contributed by atoms with Crippen LogP contribution >= 0.6 is 0 Å². The molecule has 0 atom stereocenters. The highest BCUT2D eigenvalue weighted by Gasteiger charge is 2.13. The van der Waals surface area contributed by atoms with Crippen LogP contribution in [0.2, 0.25) is 0 Å². The zero-order valence-electron chi connectivity index (χ0n) is 9.24. The summed E-state index contributed by atoms with van der Waals surface area (Å²) in [6.07, 6.45) is 2.24. The van der Waals surface area contributed by atoms with E-state index in [1.165, 1.54) is 0 Å². The lowest BCUT2D eigenvalue weighted by Gasteiger charge is -2.08. The van der Waals surface area contributed by atoms with E-state index in [4.69, 9.17) is 0 Å². The first-order valence-electron chi connectivity index (χ1n) is 4.91. The zero-order valence-corrected chi connectivity index (χ0v) is 10.1. The third-order valence-electron chi connectivity index (χ3n) is 2.05. The van der Waals surface area contributed by atoms with Gasteiger partial charge in [0, 0.05) is 5.56 Å². The van der Waals surface area contributed by atoms with E-state index in [9.17, 15) is 8.42 Å². The summed E-state index contributed by atoms with van der Waals surface area (Å²) in [6.45, 7) is 5.79. The molecule has 0 aliphatic rings. The second-order valence-electron chi connectivity index (χ2n) is 4.03. The molecule has 86 valence electrons. The van der Waals surface area contributed by atoms with Crippen LogP contribution in [0.4, 0.5) is 5.82 Å². The van der Waals surface area contributed by atoms with Gasteiger partial charge in [0.1, 0.15) is 5.82 Å². The second-order valence-corrected chi connectivity index (χ2v) is 5.87. The Hall–Kier alpha value is -1.04. The Balaban J connectivity index is 2.61. The number of aryl methyl sites for hydroxylation is 1. The van der Waals surface area contributed by atoms with E-state index >= 15 is 0 Å². The van der Waals surface area contributed by atoms with Crippen LogP contribution in [0.25, 0.3) is 0 Å². The SMILES string of the molecule is Cc1cn[nH]c1NS(=O)(=O)CCC(C)C. The van der Waals surface area contributed by atoms with Crippen molar-refractivity contribution in [2.45, 2.75) is 27.2 Å². The molecule has 6 heteroatoms. The van der Waals surface area contributed by atoms with Gasteiger partial charge in [0.2, 0.25) is 10.0 Å². The Labute approximate surface area is 90.3 Å². The van der Waals surface area contributed by atoms with Crippen molar-refractivity contribution in [1.82, 2.24) is 10.2 Å². The van der Waals surface area contributed by atoms with Crippen molar-refractivity contribution in [2.24, 2.45) is 5.92 Å². The molecule has 1 heterocycles. The molecule has 0 aromatic carbocycles. The number of sulfonamides is 1. The van der Waals surface area contributed by atoms with Crippen LogP contribution in [-0.2, 0) is 10.0 Å². The van der Waals surface area contributed by atoms with Gasteiger partial charge in [0.15, 0.2) is 0 Å². The summed E-state index contributed by atoms with van der Waals surface area (Å²) < 4.78 is 25.7. The average Bonchev–Trinajstić information content (AvgIpc) is 2.48. The topological polar surface area (TPSA) is 74.8 Å². The van der Waals surface area contributed by atoms with Gasteiger partial charge in [-0.2, -0.15) is 5.10 Å². The quantitative estimate of drug-likeness (QED) is 0.806. The minimum Gasteiger partial charge on any atom is -0.268 e. The van der Waals surface area contributed by atoms with Crippen LogP contribution in [-0.4, -0.2) is 24.4 Å². The van der Waals surface area contributed by atoms with E-state index in [0.29, 0.717) is 18.2 Å². The highest BCUT2D eigenvalue weighted by Crippen LogP contribution is 2.12. The minimum absolute atomic E-state index is 0.142. The van der Waals surface area contributed by atoms with E-state index in [1.807, 2.05) is 13.8 Å². The number of rotatable bonds is 5. The van der Waals surface area contributed by atoms with Crippen molar-refractivity contribution < 1.29 is 8.42 Å². The third-order valence-corrected chi connectivity index (χ3v) is 3.34. The summed E-state index contributed by atoms with van der Waals surface area (Å²) in [6, 6.07) is 0. The Morgan fingerprint density at radius 3 is 2.67 bits per heavy atom. The van der Waals surface area contributed by atoms with E-state index in [0.717, 1.165) is 5.56 Å². The van der Waals surface area contributed by atoms with Crippen molar-refractivity contribution >= 4 is 15.8 Å². The number of aromatic amines is 1. The molecule has 0 bridgehead atoms. The van der Waals surface area contributed by atoms with E-state index in [-0.39, 0.29) is 5.75 Å². The fraction of sp³-hybridized carbons (Fsp3) is 0.667. The summed E-state index contributed by atoms with van der Waals surface area (Å²) in [4.78, 5) is 0. The molecule has 0 unspecified atom stereocenters. The molecule has 0 fully saturated rings. The third kappa shape index (κ3) is 3.91. The first kappa shape index (κ1) is 12.0. The lowest BCUT2D eigenvalue weighted by Crippen LogP contribution is -2.18. The zero-order chi connectivity index (χ0) is 11.5. The van der Waals surface area contributed by atoms with Crippen molar-refractivity contribution in [2.75, 3.05) is 10.5 Å². The molecule has 1 aromatic rings. The van der Waals surface area contributed by atoms with E-state index in [1.54, 1.807) is 13.1 Å². The lowest BCUT2D eigenvalue weighted by molar-refractivity contribution is 0.577. The number of H-pyrrole nitrogens is 1. The molecule has 0 aliphatic carbocycles. The molecule has 0 saturated heterocycles. The van der Waals surface area contributed by atoms with Crippen LogP contribution in [0.15, 0.2) is 6.20 Å². The van der Waals surface area contributed by atoms with Gasteiger partial charge in [-0.05, 0) is 19.3 Å². The molecular formula is C9H17N3O2S. The molecule has 1 aromatic heterocycles. The molecule has 0 saturated carbocycles. The van der Waals surface area contributed by atoms with Gasteiger partial charge < -0.3 is 0 Å². The number of hydrogen-bond donors (Lipinski definition) is 2. The first-order valence-corrected chi connectivity index (χ1v) is 6.56. The van der Waals surface area contributed by atoms with Crippen molar-refractivity contribution in [3.05, 3.63) is 11.8 Å². The fourth-order valence-corrected chi connectivity index (χ4v) is 2.45. The van der Waals surface area contributed by atoms with Crippen LogP contribution in [0.3, 0.4) is 0 Å². The minimum atomic E-state index is -3.24. The monoisotopic (exact) mass is 231 g/mol. The molecule has 0 spiro atoms. The van der Waals surface area contributed by atoms with Gasteiger partial charge in [-0.3, -0.25) is 9.82 Å². The van der Waals surface area contributed by atoms with Gasteiger partial charge in [0.05, 0.1) is 11.9 Å². The van der Waals surface area contributed by atoms with Gasteiger partial charge in [-0.1, -0.05) is 13.8 Å². The summed E-state index contributed by atoms with van der Waals surface area (Å²) >= 11 is 0. The van der Waals surface area contributed by atoms with Gasteiger partial charge in [0.25, 0.3) is 0 Å². The van der Waals surface area contributed by atoms with Crippen molar-refractivity contribution in [3.8, 4) is 0 Å². The van der Waals surface area contributed by atoms with Gasteiger partial charge in [-0.15, -0.1) is 0 Å². The fourth-order valence-electron chi connectivity index (χ4n) is 1.05. The molecule has 0 radical (unpaired) electrons. The molecule has 5 nitrogen and oxygen atoms in total. The Morgan fingerprint density at radius 2 is 2.20 bits per heavy atom. The predicted octanol–water partition coefficient (Wildman–Crippen LogP) is 1.51. The molecular weight excluding hydrogens is 214 g/mol. The van der Waals surface area contributed by atoms with Crippen molar-refractivity contribution in [3.63, 3.8) is 0 Å². The first-order chi connectivity index (χ1) is 6.91. The number of anilines is 1. The summed E-state index contributed by atoms with van der Waals surface area (Å²) in [5.74, 6) is 0.978. The number of hydrogen-bond acceptors (Lipinski definition) is 3. The lowest BCUT2D eigenvalue weighted by atomic mass is 10.2. The molecule has 1 rings (SSSR count). The van der Waals surface area contributed by atoms with Crippen LogP contribution in [0.1, 0.15) is 25.8 Å². The largest absolute Gasteiger partial charge is 0.268 e. The summed E-state index contributed by atoms with van der Waals surface area (Å²) in [5, 5.41) is 6.36. The standard InChI is InChI=1S/C9H17N3O2S/c1-7(2)4-5-15(13,14)12-9-8(3)6-10-11-9/h6-7H,4-5H2,1-3H3,(H2,10,11,12). The number of nitrogens with zero attached hydrogens (tertiary/aromatic N) is 1. The van der Waals surface area contributed by atoms with Gasteiger partial charge >= 0.3 is 0 Å². The van der Waals surface area contributed by atoms with Crippen LogP contribution in [0.5, 0.6) is 0 Å². The predicted molar refractivity (Wildman–Crippen MR) is 60.2 cm³/mol. The highest BCUT2D eigenvalue weighted by molar-refractivity contribution is 7.92. The van der Waals surface area contributed by atoms with Crippen LogP contribution < -0.4 is 4.72 Å². The maximum absolute atomic E-state index is 11.6. The van der Waals surface area contributed by atoms with Crippen LogP contribution in [0, 0.1) is 12.8 Å². The maximum atomic E-state index is 11.6. The van der Waals surface area contributed by atoms with Crippen molar-refractivity contribution in [1.29, 1.82) is 0 Å². The van der Waals surface area contributed by atoms with E-state index in [2.05, 4.69) is 14.9 Å². The highest BCUT2D eigenvalue weighted by atomic mass is 32.2. The van der Waals surface area contributed by atoms with E-state index < -0.39 is 10.0 Å². The molecule has 2 N–H and O–H groups in total. The summed E-state index contributed by atoms with van der Waals surface area (Å²) in [5.41, 5.74) is 0.795. The average molecular weight is 231 g/mol. The smallest absolute Gasteiger partial charge is 0.233 e. The maximum Gasteiger partial charge on any atom is 0.233 e. The normalized spacial score (nSPS) is 12.0. The Morgan fingerprint density at radius 1 is 1.53 bits per heavy atom. The molecule has 0 amide bonds.